The van der Waals surface area contributed by atoms with Gasteiger partial charge in [-0.15, -0.1) is 0 Å². The molecule has 1 aromatic carbocycles. The quantitative estimate of drug-likeness (QED) is 0.799. The summed E-state index contributed by atoms with van der Waals surface area (Å²) in [7, 11) is 0. The zero-order chi connectivity index (χ0) is 9.42. The van der Waals surface area contributed by atoms with Crippen molar-refractivity contribution in [2.24, 2.45) is 5.73 Å². The van der Waals surface area contributed by atoms with E-state index in [2.05, 4.69) is 40.2 Å². The van der Waals surface area contributed by atoms with E-state index in [0.717, 1.165) is 6.42 Å². The van der Waals surface area contributed by atoms with Gasteiger partial charge in [-0.1, -0.05) is 34.1 Å². The van der Waals surface area contributed by atoms with Gasteiger partial charge in [0.1, 0.15) is 0 Å². The fourth-order valence-electron chi connectivity index (χ4n) is 1.64. The number of hydrogen-bond donors (Lipinski definition) is 1. The fourth-order valence-corrected chi connectivity index (χ4v) is 2.17. The van der Waals surface area contributed by atoms with Gasteiger partial charge < -0.3 is 5.73 Å². The van der Waals surface area contributed by atoms with Crippen molar-refractivity contribution in [3.8, 4) is 0 Å². The zero-order valence-electron chi connectivity index (χ0n) is 7.55. The van der Waals surface area contributed by atoms with Gasteiger partial charge >= 0.3 is 0 Å². The molecule has 0 fully saturated rings. The second-order valence-corrected chi connectivity index (χ2v) is 4.35. The molecule has 1 atom stereocenters. The normalized spacial score (nSPS) is 16.7. The molecule has 1 aliphatic rings. The van der Waals surface area contributed by atoms with Crippen LogP contribution in [0.2, 0.25) is 0 Å². The van der Waals surface area contributed by atoms with Crippen LogP contribution in [0.25, 0.3) is 6.08 Å². The lowest BCUT2D eigenvalue weighted by Gasteiger charge is -2.05. The first-order chi connectivity index (χ1) is 6.18. The third-order valence-corrected chi connectivity index (χ3v) is 3.20. The molecule has 0 bridgehead atoms. The number of fused-ring (bicyclic) bond motifs is 1. The van der Waals surface area contributed by atoms with Gasteiger partial charge in [0, 0.05) is 10.5 Å². The van der Waals surface area contributed by atoms with E-state index in [4.69, 9.17) is 5.73 Å². The topological polar surface area (TPSA) is 26.0 Å². The van der Waals surface area contributed by atoms with E-state index in [1.807, 2.05) is 6.92 Å². The third-order valence-electron chi connectivity index (χ3n) is 2.46. The Morgan fingerprint density at radius 3 is 2.85 bits per heavy atom. The van der Waals surface area contributed by atoms with Gasteiger partial charge in [-0.25, -0.2) is 0 Å². The molecule has 2 N–H and O–H groups in total. The van der Waals surface area contributed by atoms with Crippen LogP contribution in [0.5, 0.6) is 0 Å². The second-order valence-electron chi connectivity index (χ2n) is 3.49. The molecule has 1 aromatic rings. The van der Waals surface area contributed by atoms with Crippen LogP contribution >= 0.6 is 15.9 Å². The smallest absolute Gasteiger partial charge is 0.0231 e. The van der Waals surface area contributed by atoms with E-state index >= 15 is 0 Å². The summed E-state index contributed by atoms with van der Waals surface area (Å²) in [5.74, 6) is 0. The molecule has 1 nitrogen and oxygen atoms in total. The fraction of sp³-hybridized carbons (Fsp3) is 0.273. The summed E-state index contributed by atoms with van der Waals surface area (Å²) in [5.41, 5.74) is 9.84. The van der Waals surface area contributed by atoms with E-state index in [0.29, 0.717) is 0 Å². The molecule has 0 heterocycles. The standard InChI is InChI=1S/C11H12BrN/c1-7(13)9-5-8-3-2-4-11(12)10(8)6-9/h2-5,7H,6,13H2,1H3. The van der Waals surface area contributed by atoms with Gasteiger partial charge in [0.2, 0.25) is 0 Å². The van der Waals surface area contributed by atoms with E-state index < -0.39 is 0 Å². The number of nitrogens with two attached hydrogens (primary N) is 1. The Hall–Kier alpha value is -0.600. The van der Waals surface area contributed by atoms with Crippen LogP contribution in [0.1, 0.15) is 18.1 Å². The Bertz CT molecular complexity index is 366. The second kappa shape index (κ2) is 3.28. The first-order valence-corrected chi connectivity index (χ1v) is 5.21. The summed E-state index contributed by atoms with van der Waals surface area (Å²) in [5, 5.41) is 0. The first kappa shape index (κ1) is 8.97. The largest absolute Gasteiger partial charge is 0.324 e. The number of rotatable bonds is 1. The van der Waals surface area contributed by atoms with Crippen molar-refractivity contribution in [3.05, 3.63) is 39.4 Å². The van der Waals surface area contributed by atoms with Crippen molar-refractivity contribution in [2.45, 2.75) is 19.4 Å². The lowest BCUT2D eigenvalue weighted by Crippen LogP contribution is -2.17. The summed E-state index contributed by atoms with van der Waals surface area (Å²) in [6.07, 6.45) is 3.19. The number of halogens is 1. The maximum atomic E-state index is 5.84. The minimum atomic E-state index is 0.166. The Balaban J connectivity index is 2.41. The Morgan fingerprint density at radius 1 is 1.46 bits per heavy atom. The molecule has 0 spiro atoms. The van der Waals surface area contributed by atoms with Crippen LogP contribution in [-0.4, -0.2) is 6.04 Å². The summed E-state index contributed by atoms with van der Waals surface area (Å²) in [4.78, 5) is 0. The van der Waals surface area contributed by atoms with Crippen molar-refractivity contribution in [1.29, 1.82) is 0 Å². The van der Waals surface area contributed by atoms with E-state index in [1.165, 1.54) is 21.2 Å². The average molecular weight is 238 g/mol. The predicted molar refractivity (Wildman–Crippen MR) is 59.5 cm³/mol. The highest BCUT2D eigenvalue weighted by Gasteiger charge is 2.16. The molecular formula is C11H12BrN. The summed E-state index contributed by atoms with van der Waals surface area (Å²) < 4.78 is 1.19. The van der Waals surface area contributed by atoms with Gasteiger partial charge in [-0.05, 0) is 36.1 Å². The van der Waals surface area contributed by atoms with Gasteiger partial charge in [0.05, 0.1) is 0 Å². The van der Waals surface area contributed by atoms with Crippen molar-refractivity contribution < 1.29 is 0 Å². The van der Waals surface area contributed by atoms with Crippen molar-refractivity contribution >= 4 is 22.0 Å². The monoisotopic (exact) mass is 237 g/mol. The maximum absolute atomic E-state index is 5.84. The maximum Gasteiger partial charge on any atom is 0.0231 e. The Morgan fingerprint density at radius 2 is 2.23 bits per heavy atom. The zero-order valence-corrected chi connectivity index (χ0v) is 9.14. The highest BCUT2D eigenvalue weighted by molar-refractivity contribution is 9.10. The van der Waals surface area contributed by atoms with Crippen LogP contribution in [0.3, 0.4) is 0 Å². The molecule has 1 aliphatic carbocycles. The molecule has 2 heteroatoms. The highest BCUT2D eigenvalue weighted by Crippen LogP contribution is 2.31. The van der Waals surface area contributed by atoms with Gasteiger partial charge in [0.15, 0.2) is 0 Å². The van der Waals surface area contributed by atoms with Crippen LogP contribution in [0.15, 0.2) is 28.2 Å². The molecule has 0 amide bonds. The highest BCUT2D eigenvalue weighted by atomic mass is 79.9. The minimum Gasteiger partial charge on any atom is -0.324 e. The van der Waals surface area contributed by atoms with Crippen molar-refractivity contribution in [2.75, 3.05) is 0 Å². The summed E-state index contributed by atoms with van der Waals surface area (Å²) in [6, 6.07) is 6.44. The van der Waals surface area contributed by atoms with E-state index in [-0.39, 0.29) is 6.04 Å². The number of hydrogen-bond acceptors (Lipinski definition) is 1. The molecule has 0 aliphatic heterocycles. The van der Waals surface area contributed by atoms with Crippen molar-refractivity contribution in [3.63, 3.8) is 0 Å². The van der Waals surface area contributed by atoms with Gasteiger partial charge in [0.25, 0.3) is 0 Å². The first-order valence-electron chi connectivity index (χ1n) is 4.42. The van der Waals surface area contributed by atoms with Crippen LogP contribution < -0.4 is 5.73 Å². The minimum absolute atomic E-state index is 0.166. The molecule has 2 rings (SSSR count). The van der Waals surface area contributed by atoms with Crippen molar-refractivity contribution in [1.82, 2.24) is 0 Å². The predicted octanol–water partition coefficient (Wildman–Crippen LogP) is 2.74. The molecule has 0 saturated heterocycles. The molecular weight excluding hydrogens is 226 g/mol. The van der Waals surface area contributed by atoms with Crippen LogP contribution in [0, 0.1) is 0 Å². The van der Waals surface area contributed by atoms with Gasteiger partial charge in [-0.3, -0.25) is 0 Å². The Kier molecular flexibility index (Phi) is 2.26. The lowest BCUT2D eigenvalue weighted by molar-refractivity contribution is 0.841. The summed E-state index contributed by atoms with van der Waals surface area (Å²) >= 11 is 3.55. The molecule has 0 aromatic heterocycles. The molecule has 1 unspecified atom stereocenters. The number of benzene rings is 1. The third kappa shape index (κ3) is 1.56. The Labute approximate surface area is 86.8 Å². The molecule has 13 heavy (non-hydrogen) atoms. The molecule has 0 radical (unpaired) electrons. The van der Waals surface area contributed by atoms with Crippen LogP contribution in [0.4, 0.5) is 0 Å². The van der Waals surface area contributed by atoms with E-state index in [9.17, 15) is 0 Å². The summed E-state index contributed by atoms with van der Waals surface area (Å²) in [6.45, 7) is 2.03. The molecule has 68 valence electrons. The van der Waals surface area contributed by atoms with Gasteiger partial charge in [-0.2, -0.15) is 0 Å². The molecule has 0 saturated carbocycles. The van der Waals surface area contributed by atoms with E-state index in [1.54, 1.807) is 0 Å². The van der Waals surface area contributed by atoms with Crippen LogP contribution in [-0.2, 0) is 6.42 Å². The SMILES string of the molecule is CC(N)C1=Cc2cccc(Br)c2C1. The lowest BCUT2D eigenvalue weighted by atomic mass is 10.1. The average Bonchev–Trinajstić information content (AvgIpc) is 2.49.